The van der Waals surface area contributed by atoms with E-state index >= 15 is 0 Å². The molecule has 2 aromatic rings. The molecule has 0 aliphatic carbocycles. The number of nitrogens with zero attached hydrogens (tertiary/aromatic N) is 3. The molecule has 1 aromatic carbocycles. The lowest BCUT2D eigenvalue weighted by atomic mass is 10.1. The number of benzene rings is 1. The molecule has 0 radical (unpaired) electrons. The summed E-state index contributed by atoms with van der Waals surface area (Å²) in [6.07, 6.45) is 2.70. The van der Waals surface area contributed by atoms with Crippen LogP contribution >= 0.6 is 0 Å². The van der Waals surface area contributed by atoms with Gasteiger partial charge in [0.15, 0.2) is 0 Å². The summed E-state index contributed by atoms with van der Waals surface area (Å²) in [5.74, 6) is 0. The Labute approximate surface area is 107 Å². The predicted octanol–water partition coefficient (Wildman–Crippen LogP) is 3.28. The largest absolute Gasteiger partial charge is 0.344 e. The number of anilines is 2. The zero-order valence-electron chi connectivity index (χ0n) is 10.6. The smallest absolute Gasteiger partial charge is 0.142 e. The summed E-state index contributed by atoms with van der Waals surface area (Å²) in [6.45, 7) is 2.14. The van der Waals surface area contributed by atoms with Crippen molar-refractivity contribution in [1.82, 2.24) is 4.98 Å². The Kier molecular flexibility index (Phi) is 3.59. The monoisotopic (exact) mass is 237 g/mol. The number of rotatable bonds is 3. The number of nitriles is 1. The van der Waals surface area contributed by atoms with Gasteiger partial charge in [-0.2, -0.15) is 5.26 Å². The summed E-state index contributed by atoms with van der Waals surface area (Å²) in [6, 6.07) is 14.2. The van der Waals surface area contributed by atoms with Gasteiger partial charge in [-0.15, -0.1) is 0 Å². The molecule has 3 heteroatoms. The van der Waals surface area contributed by atoms with E-state index in [1.165, 1.54) is 5.56 Å². The minimum absolute atomic E-state index is 0.435. The van der Waals surface area contributed by atoms with E-state index in [1.807, 2.05) is 18.0 Å². The molecule has 90 valence electrons. The number of hydrogen-bond donors (Lipinski definition) is 0. The predicted molar refractivity (Wildman–Crippen MR) is 72.8 cm³/mol. The lowest BCUT2D eigenvalue weighted by Crippen LogP contribution is -2.09. The maximum Gasteiger partial charge on any atom is 0.142 e. The van der Waals surface area contributed by atoms with Crippen molar-refractivity contribution in [3.05, 3.63) is 53.9 Å². The van der Waals surface area contributed by atoms with Crippen molar-refractivity contribution in [2.75, 3.05) is 11.9 Å². The van der Waals surface area contributed by atoms with Crippen molar-refractivity contribution in [3.8, 4) is 6.07 Å². The third kappa shape index (κ3) is 2.49. The maximum atomic E-state index is 8.85. The van der Waals surface area contributed by atoms with Crippen LogP contribution in [0.1, 0.15) is 18.2 Å². The van der Waals surface area contributed by atoms with Gasteiger partial charge in [-0.05, 0) is 36.2 Å². The van der Waals surface area contributed by atoms with Crippen LogP contribution in [0.2, 0.25) is 0 Å². The van der Waals surface area contributed by atoms with Gasteiger partial charge < -0.3 is 4.90 Å². The fourth-order valence-corrected chi connectivity index (χ4v) is 1.79. The summed E-state index contributed by atoms with van der Waals surface area (Å²) >= 11 is 0. The molecule has 0 atom stereocenters. The fourth-order valence-electron chi connectivity index (χ4n) is 1.79. The van der Waals surface area contributed by atoms with Crippen LogP contribution in [-0.2, 0) is 6.42 Å². The van der Waals surface area contributed by atoms with Crippen molar-refractivity contribution in [2.45, 2.75) is 13.3 Å². The van der Waals surface area contributed by atoms with Crippen LogP contribution in [0.4, 0.5) is 11.4 Å². The van der Waals surface area contributed by atoms with E-state index in [-0.39, 0.29) is 0 Å². The van der Waals surface area contributed by atoms with E-state index < -0.39 is 0 Å². The van der Waals surface area contributed by atoms with Crippen molar-refractivity contribution >= 4 is 11.4 Å². The van der Waals surface area contributed by atoms with Gasteiger partial charge in [0.2, 0.25) is 0 Å². The van der Waals surface area contributed by atoms with Gasteiger partial charge in [-0.3, -0.25) is 0 Å². The number of aromatic nitrogens is 1. The summed E-state index contributed by atoms with van der Waals surface area (Å²) in [4.78, 5) is 6.02. The van der Waals surface area contributed by atoms with Gasteiger partial charge in [-0.1, -0.05) is 19.1 Å². The highest BCUT2D eigenvalue weighted by molar-refractivity contribution is 5.63. The average Bonchev–Trinajstić information content (AvgIpc) is 2.46. The molecule has 0 fully saturated rings. The molecule has 0 N–H and O–H groups in total. The maximum absolute atomic E-state index is 8.85. The van der Waals surface area contributed by atoms with Gasteiger partial charge in [0.1, 0.15) is 11.8 Å². The van der Waals surface area contributed by atoms with E-state index in [0.29, 0.717) is 5.69 Å². The second-order valence-electron chi connectivity index (χ2n) is 4.09. The highest BCUT2D eigenvalue weighted by atomic mass is 15.1. The molecule has 0 saturated heterocycles. The Morgan fingerprint density at radius 1 is 1.17 bits per heavy atom. The van der Waals surface area contributed by atoms with Crippen molar-refractivity contribution < 1.29 is 0 Å². The minimum Gasteiger partial charge on any atom is -0.344 e. The van der Waals surface area contributed by atoms with E-state index in [0.717, 1.165) is 17.8 Å². The molecule has 0 spiro atoms. The van der Waals surface area contributed by atoms with Gasteiger partial charge in [-0.25, -0.2) is 4.98 Å². The van der Waals surface area contributed by atoms with Crippen LogP contribution in [0.15, 0.2) is 42.6 Å². The van der Waals surface area contributed by atoms with Gasteiger partial charge in [0, 0.05) is 24.6 Å². The van der Waals surface area contributed by atoms with Crippen LogP contribution in [0, 0.1) is 11.3 Å². The normalized spacial score (nSPS) is 9.83. The van der Waals surface area contributed by atoms with Crippen molar-refractivity contribution in [3.63, 3.8) is 0 Å². The third-order valence-corrected chi connectivity index (χ3v) is 2.98. The van der Waals surface area contributed by atoms with Crippen molar-refractivity contribution in [1.29, 1.82) is 5.26 Å². The minimum atomic E-state index is 0.435. The number of hydrogen-bond acceptors (Lipinski definition) is 3. The van der Waals surface area contributed by atoms with Crippen molar-refractivity contribution in [2.24, 2.45) is 0 Å². The average molecular weight is 237 g/mol. The van der Waals surface area contributed by atoms with Crippen LogP contribution in [-0.4, -0.2) is 12.0 Å². The van der Waals surface area contributed by atoms with E-state index in [9.17, 15) is 0 Å². The molecule has 3 nitrogen and oxygen atoms in total. The topological polar surface area (TPSA) is 39.9 Å². The molecule has 1 heterocycles. The Morgan fingerprint density at radius 2 is 1.89 bits per heavy atom. The summed E-state index contributed by atoms with van der Waals surface area (Å²) in [5, 5.41) is 8.85. The highest BCUT2D eigenvalue weighted by Gasteiger charge is 2.05. The fraction of sp³-hybridized carbons (Fsp3) is 0.200. The first-order valence-corrected chi connectivity index (χ1v) is 5.93. The Hall–Kier alpha value is -2.34. The highest BCUT2D eigenvalue weighted by Crippen LogP contribution is 2.23. The van der Waals surface area contributed by atoms with E-state index in [1.54, 1.807) is 12.3 Å². The number of aryl methyl sites for hydroxylation is 1. The molecule has 0 bridgehead atoms. The summed E-state index contributed by atoms with van der Waals surface area (Å²) in [7, 11) is 1.98. The first-order valence-electron chi connectivity index (χ1n) is 5.93. The Morgan fingerprint density at radius 3 is 2.50 bits per heavy atom. The molecule has 0 unspecified atom stereocenters. The quantitative estimate of drug-likeness (QED) is 0.822. The lowest BCUT2D eigenvalue weighted by Gasteiger charge is -2.19. The molecule has 1 aromatic heterocycles. The Bertz CT molecular complexity index is 567. The molecule has 0 amide bonds. The molecule has 2 rings (SSSR count). The zero-order valence-corrected chi connectivity index (χ0v) is 10.6. The van der Waals surface area contributed by atoms with E-state index in [2.05, 4.69) is 42.2 Å². The molecule has 0 saturated carbocycles. The third-order valence-electron chi connectivity index (χ3n) is 2.98. The standard InChI is InChI=1S/C15H15N3/c1-3-12-4-6-14(7-5-12)18(2)15-8-9-17-13(10-15)11-16/h4-10H,3H2,1-2H3. The summed E-state index contributed by atoms with van der Waals surface area (Å²) < 4.78 is 0. The van der Waals surface area contributed by atoms with E-state index in [4.69, 9.17) is 5.26 Å². The molecular weight excluding hydrogens is 222 g/mol. The number of pyridine rings is 1. The second kappa shape index (κ2) is 5.33. The van der Waals surface area contributed by atoms with Crippen LogP contribution in [0.3, 0.4) is 0 Å². The first kappa shape index (κ1) is 12.1. The zero-order chi connectivity index (χ0) is 13.0. The second-order valence-corrected chi connectivity index (χ2v) is 4.09. The van der Waals surface area contributed by atoms with Crippen LogP contribution in [0.5, 0.6) is 0 Å². The first-order chi connectivity index (χ1) is 8.74. The molecule has 0 aliphatic rings. The lowest BCUT2D eigenvalue weighted by molar-refractivity contribution is 1.13. The van der Waals surface area contributed by atoms with Gasteiger partial charge >= 0.3 is 0 Å². The van der Waals surface area contributed by atoms with Gasteiger partial charge in [0.25, 0.3) is 0 Å². The van der Waals surface area contributed by atoms with Gasteiger partial charge in [0.05, 0.1) is 0 Å². The molecule has 18 heavy (non-hydrogen) atoms. The SMILES string of the molecule is CCc1ccc(N(C)c2ccnc(C#N)c2)cc1. The molecule has 0 aliphatic heterocycles. The van der Waals surface area contributed by atoms with Crippen LogP contribution < -0.4 is 4.90 Å². The van der Waals surface area contributed by atoms with Crippen LogP contribution in [0.25, 0.3) is 0 Å². The Balaban J connectivity index is 2.29. The molecular formula is C15H15N3. The summed E-state index contributed by atoms with van der Waals surface area (Å²) in [5.41, 5.74) is 3.82.